The fourth-order valence-corrected chi connectivity index (χ4v) is 2.88. The molecule has 2 atom stereocenters. The highest BCUT2D eigenvalue weighted by Crippen LogP contribution is 2.12. The van der Waals surface area contributed by atoms with Crippen LogP contribution in [-0.4, -0.2) is 30.4 Å². The van der Waals surface area contributed by atoms with Crippen LogP contribution in [0.3, 0.4) is 0 Å². The molecule has 0 saturated carbocycles. The normalized spacial score (nSPS) is 12.7. The minimum atomic E-state index is -0.846. The predicted molar refractivity (Wildman–Crippen MR) is 111 cm³/mol. The molecule has 0 heterocycles. The monoisotopic (exact) mass is 396 g/mol. The Balaban J connectivity index is 1.91. The van der Waals surface area contributed by atoms with E-state index < -0.39 is 24.5 Å². The van der Waals surface area contributed by atoms with Gasteiger partial charge < -0.3 is 15.4 Å². The smallest absolute Gasteiger partial charge is 0.329 e. The first-order chi connectivity index (χ1) is 13.8. The topological polar surface area (TPSA) is 84.5 Å². The van der Waals surface area contributed by atoms with Gasteiger partial charge in [0, 0.05) is 5.56 Å². The Morgan fingerprint density at radius 2 is 1.52 bits per heavy atom. The summed E-state index contributed by atoms with van der Waals surface area (Å²) in [5.41, 5.74) is 2.27. The third kappa shape index (κ3) is 6.45. The molecule has 0 fully saturated rings. The van der Waals surface area contributed by atoms with Crippen molar-refractivity contribution < 1.29 is 19.1 Å². The van der Waals surface area contributed by atoms with Crippen LogP contribution in [-0.2, 0) is 14.3 Å². The van der Waals surface area contributed by atoms with Gasteiger partial charge in [-0.3, -0.25) is 9.59 Å². The summed E-state index contributed by atoms with van der Waals surface area (Å²) in [6, 6.07) is 15.6. The van der Waals surface area contributed by atoms with Gasteiger partial charge in [0.25, 0.3) is 11.8 Å². The Hall–Kier alpha value is -3.15. The first-order valence-corrected chi connectivity index (χ1v) is 9.67. The van der Waals surface area contributed by atoms with E-state index >= 15 is 0 Å². The molecule has 6 heteroatoms. The van der Waals surface area contributed by atoms with E-state index in [0.717, 1.165) is 11.1 Å². The third-order valence-corrected chi connectivity index (χ3v) is 4.62. The van der Waals surface area contributed by atoms with Crippen molar-refractivity contribution in [3.8, 4) is 0 Å². The number of nitrogens with one attached hydrogen (secondary N) is 2. The van der Waals surface area contributed by atoms with Crippen LogP contribution in [0.2, 0.25) is 0 Å². The van der Waals surface area contributed by atoms with E-state index in [9.17, 15) is 14.4 Å². The standard InChI is InChI=1S/C23H28N2O4/c1-15(2)21(25-22(27)19-13-9-8-10-16(19)3)23(28)29-14-20(26)24-17(4)18-11-6-5-7-12-18/h5-13,15,17,21H,14H2,1-4H3,(H,24,26)(H,25,27)/t17-,21+/m1/s1. The van der Waals surface area contributed by atoms with Crippen LogP contribution in [0.15, 0.2) is 54.6 Å². The van der Waals surface area contributed by atoms with Crippen molar-refractivity contribution in [2.75, 3.05) is 6.61 Å². The van der Waals surface area contributed by atoms with Crippen molar-refractivity contribution in [2.24, 2.45) is 5.92 Å². The van der Waals surface area contributed by atoms with E-state index in [4.69, 9.17) is 4.74 Å². The van der Waals surface area contributed by atoms with Gasteiger partial charge in [0.1, 0.15) is 6.04 Å². The molecule has 0 spiro atoms. The van der Waals surface area contributed by atoms with Crippen molar-refractivity contribution in [3.63, 3.8) is 0 Å². The fourth-order valence-electron chi connectivity index (χ4n) is 2.88. The van der Waals surface area contributed by atoms with Crippen LogP contribution in [0.1, 0.15) is 48.3 Å². The van der Waals surface area contributed by atoms with Crippen molar-refractivity contribution in [3.05, 3.63) is 71.3 Å². The first-order valence-electron chi connectivity index (χ1n) is 9.67. The minimum absolute atomic E-state index is 0.193. The summed E-state index contributed by atoms with van der Waals surface area (Å²) in [5, 5.41) is 5.51. The molecular formula is C23H28N2O4. The van der Waals surface area contributed by atoms with Crippen LogP contribution in [0.4, 0.5) is 0 Å². The van der Waals surface area contributed by atoms with E-state index in [0.29, 0.717) is 5.56 Å². The maximum atomic E-state index is 12.5. The summed E-state index contributed by atoms with van der Waals surface area (Å²) in [4.78, 5) is 37.1. The summed E-state index contributed by atoms with van der Waals surface area (Å²) >= 11 is 0. The number of carbonyl (C=O) groups is 3. The zero-order valence-corrected chi connectivity index (χ0v) is 17.3. The second-order valence-corrected chi connectivity index (χ2v) is 7.32. The predicted octanol–water partition coefficient (Wildman–Crippen LogP) is 3.17. The number of hydrogen-bond acceptors (Lipinski definition) is 4. The molecule has 2 amide bonds. The van der Waals surface area contributed by atoms with Gasteiger partial charge in [-0.2, -0.15) is 0 Å². The van der Waals surface area contributed by atoms with Crippen LogP contribution >= 0.6 is 0 Å². The largest absolute Gasteiger partial charge is 0.454 e. The zero-order chi connectivity index (χ0) is 21.4. The van der Waals surface area contributed by atoms with Gasteiger partial charge in [-0.1, -0.05) is 62.4 Å². The molecule has 29 heavy (non-hydrogen) atoms. The first kappa shape index (κ1) is 22.1. The lowest BCUT2D eigenvalue weighted by Gasteiger charge is -2.21. The number of benzene rings is 2. The highest BCUT2D eigenvalue weighted by Gasteiger charge is 2.27. The van der Waals surface area contributed by atoms with Crippen molar-refractivity contribution in [2.45, 2.75) is 39.8 Å². The average molecular weight is 396 g/mol. The fraction of sp³-hybridized carbons (Fsp3) is 0.348. The van der Waals surface area contributed by atoms with E-state index in [1.54, 1.807) is 12.1 Å². The van der Waals surface area contributed by atoms with Crippen molar-refractivity contribution in [1.82, 2.24) is 10.6 Å². The Bertz CT molecular complexity index is 849. The molecule has 0 saturated heterocycles. The molecule has 0 aliphatic carbocycles. The molecule has 6 nitrogen and oxygen atoms in total. The second kappa shape index (κ2) is 10.4. The van der Waals surface area contributed by atoms with Gasteiger partial charge in [0.15, 0.2) is 6.61 Å². The van der Waals surface area contributed by atoms with Crippen LogP contribution in [0.25, 0.3) is 0 Å². The average Bonchev–Trinajstić information content (AvgIpc) is 2.70. The van der Waals surface area contributed by atoms with Gasteiger partial charge in [0.2, 0.25) is 0 Å². The summed E-state index contributed by atoms with van der Waals surface area (Å²) in [7, 11) is 0. The van der Waals surface area contributed by atoms with E-state index in [2.05, 4.69) is 10.6 Å². The second-order valence-electron chi connectivity index (χ2n) is 7.32. The Kier molecular flexibility index (Phi) is 7.95. The molecule has 0 aliphatic heterocycles. The van der Waals surface area contributed by atoms with E-state index in [1.807, 2.05) is 70.2 Å². The van der Waals surface area contributed by atoms with Gasteiger partial charge in [-0.15, -0.1) is 0 Å². The molecule has 0 radical (unpaired) electrons. The van der Waals surface area contributed by atoms with Gasteiger partial charge in [0.05, 0.1) is 6.04 Å². The molecule has 2 rings (SSSR count). The maximum Gasteiger partial charge on any atom is 0.329 e. The third-order valence-electron chi connectivity index (χ3n) is 4.62. The number of rotatable bonds is 8. The molecule has 0 bridgehead atoms. The lowest BCUT2D eigenvalue weighted by molar-refractivity contribution is -0.151. The Morgan fingerprint density at radius 1 is 0.897 bits per heavy atom. The number of hydrogen-bond donors (Lipinski definition) is 2. The number of esters is 1. The van der Waals surface area contributed by atoms with Gasteiger partial charge in [-0.25, -0.2) is 4.79 Å². The lowest BCUT2D eigenvalue weighted by Crippen LogP contribution is -2.46. The van der Waals surface area contributed by atoms with Crippen LogP contribution in [0.5, 0.6) is 0 Å². The molecule has 2 aromatic carbocycles. The lowest BCUT2D eigenvalue weighted by atomic mass is 10.0. The SMILES string of the molecule is Cc1ccccc1C(=O)N[C@H](C(=O)OCC(=O)N[C@H](C)c1ccccc1)C(C)C. The van der Waals surface area contributed by atoms with E-state index in [-0.39, 0.29) is 17.9 Å². The zero-order valence-electron chi connectivity index (χ0n) is 17.3. The summed E-state index contributed by atoms with van der Waals surface area (Å²) in [5.74, 6) is -1.57. The van der Waals surface area contributed by atoms with Gasteiger partial charge >= 0.3 is 5.97 Å². The summed E-state index contributed by atoms with van der Waals surface area (Å²) < 4.78 is 5.17. The maximum absolute atomic E-state index is 12.5. The van der Waals surface area contributed by atoms with Crippen LogP contribution < -0.4 is 10.6 Å². The van der Waals surface area contributed by atoms with Crippen LogP contribution in [0, 0.1) is 12.8 Å². The molecule has 2 N–H and O–H groups in total. The van der Waals surface area contributed by atoms with E-state index in [1.165, 1.54) is 0 Å². The number of ether oxygens (including phenoxy) is 1. The summed E-state index contributed by atoms with van der Waals surface area (Å²) in [6.07, 6.45) is 0. The number of carbonyl (C=O) groups excluding carboxylic acids is 3. The number of aryl methyl sites for hydroxylation is 1. The Labute approximate surface area is 171 Å². The molecule has 0 aromatic heterocycles. The molecule has 2 aromatic rings. The van der Waals surface area contributed by atoms with Gasteiger partial charge in [-0.05, 0) is 37.0 Å². The molecule has 0 unspecified atom stereocenters. The molecule has 154 valence electrons. The molecule has 0 aliphatic rings. The highest BCUT2D eigenvalue weighted by molar-refractivity contribution is 5.98. The van der Waals surface area contributed by atoms with Crippen molar-refractivity contribution in [1.29, 1.82) is 0 Å². The minimum Gasteiger partial charge on any atom is -0.454 e. The van der Waals surface area contributed by atoms with Crippen molar-refractivity contribution >= 4 is 17.8 Å². The Morgan fingerprint density at radius 3 is 2.14 bits per heavy atom. The quantitative estimate of drug-likeness (QED) is 0.671. The molecular weight excluding hydrogens is 368 g/mol. The summed E-state index contributed by atoms with van der Waals surface area (Å²) in [6.45, 7) is 6.90. The number of amides is 2. The highest BCUT2D eigenvalue weighted by atomic mass is 16.5.